The number of nitroso groups, excluding NO2 is 1. The number of carbonyl (C=O) groups is 1. The lowest BCUT2D eigenvalue weighted by atomic mass is 10.1. The number of ether oxygens (including phenoxy) is 1. The lowest BCUT2D eigenvalue weighted by molar-refractivity contribution is -0.184. The Labute approximate surface area is 123 Å². The molecule has 1 aliphatic rings. The normalized spacial score (nSPS) is 18.1. The maximum atomic E-state index is 13.7. The van der Waals surface area contributed by atoms with Crippen molar-refractivity contribution in [1.82, 2.24) is 0 Å². The van der Waals surface area contributed by atoms with Gasteiger partial charge < -0.3 is 4.74 Å². The predicted octanol–water partition coefficient (Wildman–Crippen LogP) is 3.67. The van der Waals surface area contributed by atoms with Crippen LogP contribution >= 0.6 is 15.9 Å². The molecule has 1 unspecified atom stereocenters. The number of amides is 1. The van der Waals surface area contributed by atoms with E-state index in [1.165, 1.54) is 6.07 Å². The van der Waals surface area contributed by atoms with Crippen LogP contribution in [0, 0.1) is 10.7 Å². The molecule has 0 N–H and O–H groups in total. The van der Waals surface area contributed by atoms with Gasteiger partial charge in [-0.3, -0.25) is 4.79 Å². The van der Waals surface area contributed by atoms with Gasteiger partial charge in [-0.15, -0.1) is 4.91 Å². The maximum absolute atomic E-state index is 13.7. The van der Waals surface area contributed by atoms with Gasteiger partial charge in [0.1, 0.15) is 11.6 Å². The highest BCUT2D eigenvalue weighted by molar-refractivity contribution is 9.10. The highest BCUT2D eigenvalue weighted by Gasteiger charge is 2.48. The number of nitrogens with zero attached hydrogens (tertiary/aromatic N) is 1. The summed E-state index contributed by atoms with van der Waals surface area (Å²) < 4.78 is 57.6. The SMILES string of the molecule is O=NC(=O)C1=CCc2c(F)ccc(Br)c2OC1C(F)(F)F. The van der Waals surface area contributed by atoms with Gasteiger partial charge in [-0.25, -0.2) is 4.39 Å². The van der Waals surface area contributed by atoms with Crippen LogP contribution in [0.5, 0.6) is 5.75 Å². The van der Waals surface area contributed by atoms with Gasteiger partial charge in [0.05, 0.1) is 10.0 Å². The minimum Gasteiger partial charge on any atom is -0.474 e. The molecule has 0 saturated carbocycles. The first-order chi connectivity index (χ1) is 9.75. The first-order valence-corrected chi connectivity index (χ1v) is 6.33. The fourth-order valence-electron chi connectivity index (χ4n) is 1.89. The van der Waals surface area contributed by atoms with E-state index in [1.54, 1.807) is 0 Å². The van der Waals surface area contributed by atoms with Crippen molar-refractivity contribution in [1.29, 1.82) is 0 Å². The summed E-state index contributed by atoms with van der Waals surface area (Å²) in [7, 11) is 0. The molecule has 21 heavy (non-hydrogen) atoms. The van der Waals surface area contributed by atoms with Crippen LogP contribution in [-0.4, -0.2) is 18.2 Å². The van der Waals surface area contributed by atoms with E-state index >= 15 is 0 Å². The highest BCUT2D eigenvalue weighted by Crippen LogP contribution is 2.39. The Hall–Kier alpha value is -1.77. The van der Waals surface area contributed by atoms with Gasteiger partial charge in [-0.2, -0.15) is 13.2 Å². The van der Waals surface area contributed by atoms with Crippen molar-refractivity contribution in [2.75, 3.05) is 0 Å². The summed E-state index contributed by atoms with van der Waals surface area (Å²) in [6.07, 6.45) is -7.16. The molecule has 1 aromatic rings. The van der Waals surface area contributed by atoms with Crippen molar-refractivity contribution in [3.05, 3.63) is 44.5 Å². The number of fused-ring (bicyclic) bond motifs is 1. The minimum atomic E-state index is -4.96. The maximum Gasteiger partial charge on any atom is 0.429 e. The van der Waals surface area contributed by atoms with Gasteiger partial charge in [0.25, 0.3) is 0 Å². The van der Waals surface area contributed by atoms with E-state index in [9.17, 15) is 27.3 Å². The van der Waals surface area contributed by atoms with Gasteiger partial charge in [-0.1, -0.05) is 6.08 Å². The molecule has 1 aromatic carbocycles. The van der Waals surface area contributed by atoms with Gasteiger partial charge in [-0.05, 0) is 34.5 Å². The van der Waals surface area contributed by atoms with Crippen LogP contribution in [0.2, 0.25) is 0 Å². The Morgan fingerprint density at radius 1 is 1.38 bits per heavy atom. The topological polar surface area (TPSA) is 55.7 Å². The Morgan fingerprint density at radius 3 is 2.62 bits per heavy atom. The Balaban J connectivity index is 2.59. The third kappa shape index (κ3) is 2.97. The zero-order valence-electron chi connectivity index (χ0n) is 10.1. The molecule has 1 atom stereocenters. The van der Waals surface area contributed by atoms with Gasteiger partial charge in [0.15, 0.2) is 0 Å². The number of allylic oxidation sites excluding steroid dienone is 1. The van der Waals surface area contributed by atoms with Gasteiger partial charge in [0, 0.05) is 10.7 Å². The first kappa shape index (κ1) is 15.6. The first-order valence-electron chi connectivity index (χ1n) is 5.53. The molecule has 0 spiro atoms. The van der Waals surface area contributed by atoms with E-state index in [0.29, 0.717) is 0 Å². The number of hydrogen-bond acceptors (Lipinski definition) is 3. The van der Waals surface area contributed by atoms with E-state index in [1.807, 2.05) is 5.18 Å². The summed E-state index contributed by atoms with van der Waals surface area (Å²) in [5.74, 6) is -2.73. The predicted molar refractivity (Wildman–Crippen MR) is 67.2 cm³/mol. The van der Waals surface area contributed by atoms with E-state index in [0.717, 1.165) is 12.1 Å². The van der Waals surface area contributed by atoms with Crippen molar-refractivity contribution in [3.8, 4) is 5.75 Å². The van der Waals surface area contributed by atoms with Crippen molar-refractivity contribution in [2.24, 2.45) is 5.18 Å². The summed E-state index contributed by atoms with van der Waals surface area (Å²) in [6, 6.07) is 2.24. The fourth-order valence-corrected chi connectivity index (χ4v) is 2.35. The van der Waals surface area contributed by atoms with Crippen molar-refractivity contribution < 1.29 is 27.1 Å². The zero-order valence-corrected chi connectivity index (χ0v) is 11.7. The summed E-state index contributed by atoms with van der Waals surface area (Å²) in [4.78, 5) is 21.5. The molecular weight excluding hydrogens is 362 g/mol. The van der Waals surface area contributed by atoms with Crippen LogP contribution in [0.1, 0.15) is 5.56 Å². The molecule has 0 bridgehead atoms. The second-order valence-electron chi connectivity index (χ2n) is 4.14. The third-order valence-electron chi connectivity index (χ3n) is 2.83. The lowest BCUT2D eigenvalue weighted by Gasteiger charge is -2.22. The molecule has 9 heteroatoms. The molecule has 112 valence electrons. The lowest BCUT2D eigenvalue weighted by Crippen LogP contribution is -2.38. The minimum absolute atomic E-state index is 0.106. The molecule has 0 radical (unpaired) electrons. The highest BCUT2D eigenvalue weighted by atomic mass is 79.9. The fraction of sp³-hybridized carbons (Fsp3) is 0.250. The summed E-state index contributed by atoms with van der Waals surface area (Å²) in [5, 5.41) is 1.98. The molecule has 1 heterocycles. The van der Waals surface area contributed by atoms with E-state index in [-0.39, 0.29) is 22.2 Å². The average Bonchev–Trinajstić information content (AvgIpc) is 2.62. The van der Waals surface area contributed by atoms with E-state index < -0.39 is 29.6 Å². The van der Waals surface area contributed by atoms with Gasteiger partial charge in [0.2, 0.25) is 6.10 Å². The summed E-state index contributed by atoms with van der Waals surface area (Å²) >= 11 is 2.97. The molecular formula is C12H6BrF4NO3. The average molecular weight is 368 g/mol. The Kier molecular flexibility index (Phi) is 4.13. The molecule has 1 amide bonds. The molecule has 4 nitrogen and oxygen atoms in total. The zero-order chi connectivity index (χ0) is 15.8. The molecule has 0 aliphatic carbocycles. The monoisotopic (exact) mass is 367 g/mol. The van der Waals surface area contributed by atoms with Crippen molar-refractivity contribution in [2.45, 2.75) is 18.7 Å². The van der Waals surface area contributed by atoms with Crippen LogP contribution in [0.4, 0.5) is 17.6 Å². The Morgan fingerprint density at radius 2 is 2.05 bits per heavy atom. The van der Waals surface area contributed by atoms with Crippen LogP contribution in [0.25, 0.3) is 0 Å². The number of carbonyl (C=O) groups excluding carboxylic acids is 1. The van der Waals surface area contributed by atoms with Crippen LogP contribution < -0.4 is 4.74 Å². The largest absolute Gasteiger partial charge is 0.474 e. The summed E-state index contributed by atoms with van der Waals surface area (Å²) in [5.41, 5.74) is -1.10. The summed E-state index contributed by atoms with van der Waals surface area (Å²) in [6.45, 7) is 0. The van der Waals surface area contributed by atoms with Gasteiger partial charge >= 0.3 is 12.1 Å². The number of halogens is 5. The number of rotatable bonds is 1. The van der Waals surface area contributed by atoms with Crippen LogP contribution in [-0.2, 0) is 11.2 Å². The van der Waals surface area contributed by atoms with Crippen molar-refractivity contribution >= 4 is 21.8 Å². The Bertz CT molecular complexity index is 642. The van der Waals surface area contributed by atoms with E-state index in [2.05, 4.69) is 15.9 Å². The molecule has 1 aliphatic heterocycles. The van der Waals surface area contributed by atoms with Crippen molar-refractivity contribution in [3.63, 3.8) is 0 Å². The quantitative estimate of drug-likeness (QED) is 0.562. The second kappa shape index (κ2) is 5.55. The molecule has 0 fully saturated rings. The second-order valence-corrected chi connectivity index (χ2v) is 4.99. The van der Waals surface area contributed by atoms with E-state index in [4.69, 9.17) is 4.74 Å². The standard InChI is InChI=1S/C12H6BrF4NO3/c13-7-3-4-8(14)5-1-2-6(11(19)18-20)10(12(15,16)17)21-9(5)7/h2-4,10H,1H2. The molecule has 2 rings (SSSR count). The third-order valence-corrected chi connectivity index (χ3v) is 3.45. The molecule has 0 aromatic heterocycles. The van der Waals surface area contributed by atoms with Crippen LogP contribution in [0.3, 0.4) is 0 Å². The van der Waals surface area contributed by atoms with Crippen LogP contribution in [0.15, 0.2) is 33.4 Å². The number of benzene rings is 1. The molecule has 0 saturated heterocycles. The smallest absolute Gasteiger partial charge is 0.429 e. The number of hydrogen-bond donors (Lipinski definition) is 0. The number of alkyl halides is 3.